The number of anilines is 2. The number of ether oxygens (including phenoxy) is 1. The average molecular weight is 412 g/mol. The van der Waals surface area contributed by atoms with Crippen molar-refractivity contribution in [1.29, 1.82) is 0 Å². The molecule has 3 aromatic rings. The van der Waals surface area contributed by atoms with E-state index in [9.17, 15) is 4.79 Å². The van der Waals surface area contributed by atoms with Crippen LogP contribution >= 0.6 is 11.3 Å². The number of hydrogen-bond acceptors (Lipinski definition) is 7. The topological polar surface area (TPSA) is 70.6 Å². The Balaban J connectivity index is 1.37. The number of piperazine rings is 1. The summed E-state index contributed by atoms with van der Waals surface area (Å²) in [6, 6.07) is 8.00. The summed E-state index contributed by atoms with van der Waals surface area (Å²) in [5.74, 6) is 1.68. The SMILES string of the molecule is COc1ccccc1N1CCN(C(=O)CNc2ncnc3sc(C)c(C)c23)CC1. The maximum absolute atomic E-state index is 12.7. The molecular formula is C21H25N5O2S. The minimum absolute atomic E-state index is 0.0843. The van der Waals surface area contributed by atoms with Gasteiger partial charge in [0.25, 0.3) is 0 Å². The lowest BCUT2D eigenvalue weighted by atomic mass is 10.2. The summed E-state index contributed by atoms with van der Waals surface area (Å²) in [6.45, 7) is 7.33. The number of methoxy groups -OCH3 is 1. The van der Waals surface area contributed by atoms with E-state index in [1.54, 1.807) is 24.8 Å². The molecule has 7 nitrogen and oxygen atoms in total. The van der Waals surface area contributed by atoms with E-state index in [1.807, 2.05) is 23.1 Å². The fraction of sp³-hybridized carbons (Fsp3) is 0.381. The molecule has 0 saturated carbocycles. The van der Waals surface area contributed by atoms with Gasteiger partial charge in [-0.05, 0) is 31.5 Å². The smallest absolute Gasteiger partial charge is 0.242 e. The number of hydrogen-bond donors (Lipinski definition) is 1. The molecule has 1 aliphatic rings. The molecule has 152 valence electrons. The van der Waals surface area contributed by atoms with Crippen LogP contribution in [0.4, 0.5) is 11.5 Å². The Morgan fingerprint density at radius 2 is 1.93 bits per heavy atom. The number of nitrogens with zero attached hydrogens (tertiary/aromatic N) is 4. The van der Waals surface area contributed by atoms with Crippen LogP contribution in [-0.4, -0.2) is 60.6 Å². The minimum atomic E-state index is 0.0843. The molecule has 1 N–H and O–H groups in total. The first kappa shape index (κ1) is 19.4. The first-order valence-electron chi connectivity index (χ1n) is 9.68. The van der Waals surface area contributed by atoms with Crippen molar-refractivity contribution in [3.63, 3.8) is 0 Å². The summed E-state index contributed by atoms with van der Waals surface area (Å²) in [7, 11) is 1.69. The number of amides is 1. The zero-order valence-electron chi connectivity index (χ0n) is 16.9. The molecule has 0 spiro atoms. The van der Waals surface area contributed by atoms with Gasteiger partial charge in [0, 0.05) is 31.1 Å². The van der Waals surface area contributed by atoms with Crippen molar-refractivity contribution in [2.45, 2.75) is 13.8 Å². The van der Waals surface area contributed by atoms with E-state index in [4.69, 9.17) is 4.74 Å². The highest BCUT2D eigenvalue weighted by Gasteiger charge is 2.23. The van der Waals surface area contributed by atoms with Crippen LogP contribution in [0.1, 0.15) is 10.4 Å². The monoisotopic (exact) mass is 411 g/mol. The van der Waals surface area contributed by atoms with E-state index in [1.165, 1.54) is 10.4 Å². The maximum atomic E-state index is 12.7. The van der Waals surface area contributed by atoms with Crippen LogP contribution < -0.4 is 15.0 Å². The van der Waals surface area contributed by atoms with Gasteiger partial charge >= 0.3 is 0 Å². The molecule has 1 aromatic carbocycles. The molecule has 1 amide bonds. The van der Waals surface area contributed by atoms with Gasteiger partial charge in [0.1, 0.15) is 22.7 Å². The van der Waals surface area contributed by atoms with Gasteiger partial charge in [-0.2, -0.15) is 0 Å². The normalized spacial score (nSPS) is 14.3. The van der Waals surface area contributed by atoms with Gasteiger partial charge in [0.15, 0.2) is 0 Å². The molecular weight excluding hydrogens is 386 g/mol. The van der Waals surface area contributed by atoms with E-state index in [2.05, 4.69) is 40.1 Å². The lowest BCUT2D eigenvalue weighted by Gasteiger charge is -2.36. The zero-order valence-corrected chi connectivity index (χ0v) is 17.8. The van der Waals surface area contributed by atoms with Crippen LogP contribution in [0.5, 0.6) is 5.75 Å². The number of rotatable bonds is 5. The minimum Gasteiger partial charge on any atom is -0.495 e. The molecule has 2 aromatic heterocycles. The summed E-state index contributed by atoms with van der Waals surface area (Å²) >= 11 is 1.65. The van der Waals surface area contributed by atoms with Gasteiger partial charge in [0.2, 0.25) is 5.91 Å². The molecule has 1 saturated heterocycles. The molecule has 0 aliphatic carbocycles. The number of benzene rings is 1. The Labute approximate surface area is 174 Å². The van der Waals surface area contributed by atoms with Crippen molar-refractivity contribution in [1.82, 2.24) is 14.9 Å². The molecule has 0 unspecified atom stereocenters. The largest absolute Gasteiger partial charge is 0.495 e. The number of carbonyl (C=O) groups excluding carboxylic acids is 1. The molecule has 8 heteroatoms. The Bertz CT molecular complexity index is 1030. The van der Waals surface area contributed by atoms with Gasteiger partial charge in [-0.3, -0.25) is 4.79 Å². The quantitative estimate of drug-likeness (QED) is 0.696. The van der Waals surface area contributed by atoms with Gasteiger partial charge < -0.3 is 19.9 Å². The summed E-state index contributed by atoms with van der Waals surface area (Å²) in [4.78, 5) is 27.8. The number of carbonyl (C=O) groups is 1. The van der Waals surface area contributed by atoms with Crippen LogP contribution in [0.2, 0.25) is 0 Å². The lowest BCUT2D eigenvalue weighted by Crippen LogP contribution is -2.50. The third-order valence-electron chi connectivity index (χ3n) is 5.43. The molecule has 1 aliphatic heterocycles. The van der Waals surface area contributed by atoms with E-state index < -0.39 is 0 Å². The van der Waals surface area contributed by atoms with Crippen LogP contribution in [-0.2, 0) is 4.79 Å². The summed E-state index contributed by atoms with van der Waals surface area (Å²) in [5, 5.41) is 4.25. The maximum Gasteiger partial charge on any atom is 0.242 e. The first-order chi connectivity index (χ1) is 14.1. The molecule has 0 atom stereocenters. The van der Waals surface area contributed by atoms with Crippen molar-refractivity contribution in [2.75, 3.05) is 50.1 Å². The average Bonchev–Trinajstić information content (AvgIpc) is 3.06. The summed E-state index contributed by atoms with van der Waals surface area (Å²) in [5.41, 5.74) is 2.25. The highest BCUT2D eigenvalue weighted by atomic mass is 32.1. The number of nitrogens with one attached hydrogen (secondary N) is 1. The molecule has 4 rings (SSSR count). The second-order valence-electron chi connectivity index (χ2n) is 7.08. The van der Waals surface area contributed by atoms with Crippen LogP contribution in [0.25, 0.3) is 10.2 Å². The summed E-state index contributed by atoms with van der Waals surface area (Å²) < 4.78 is 5.46. The number of para-hydroxylation sites is 2. The third-order valence-corrected chi connectivity index (χ3v) is 6.55. The molecule has 0 bridgehead atoms. The standard InChI is InChI=1S/C21H25N5O2S/c1-14-15(2)29-21-19(14)20(23-13-24-21)22-12-18(27)26-10-8-25(9-11-26)16-6-4-5-7-17(16)28-3/h4-7,13H,8-12H2,1-3H3,(H,22,23,24). The van der Waals surface area contributed by atoms with E-state index >= 15 is 0 Å². The Morgan fingerprint density at radius 1 is 1.17 bits per heavy atom. The number of aryl methyl sites for hydroxylation is 2. The van der Waals surface area contributed by atoms with E-state index in [0.29, 0.717) is 13.1 Å². The Hall–Kier alpha value is -2.87. The molecule has 29 heavy (non-hydrogen) atoms. The van der Waals surface area contributed by atoms with Crippen LogP contribution in [0, 0.1) is 13.8 Å². The predicted molar refractivity (Wildman–Crippen MR) is 117 cm³/mol. The fourth-order valence-electron chi connectivity index (χ4n) is 3.68. The third kappa shape index (κ3) is 3.85. The zero-order chi connectivity index (χ0) is 20.4. The Morgan fingerprint density at radius 3 is 2.69 bits per heavy atom. The Kier molecular flexibility index (Phi) is 5.53. The predicted octanol–water partition coefficient (Wildman–Crippen LogP) is 3.08. The van der Waals surface area contributed by atoms with Crippen molar-refractivity contribution < 1.29 is 9.53 Å². The number of thiophene rings is 1. The summed E-state index contributed by atoms with van der Waals surface area (Å²) in [6.07, 6.45) is 1.55. The van der Waals surface area contributed by atoms with Crippen molar-refractivity contribution in [3.8, 4) is 5.75 Å². The number of aromatic nitrogens is 2. The van der Waals surface area contributed by atoms with Gasteiger partial charge in [0.05, 0.1) is 24.7 Å². The van der Waals surface area contributed by atoms with Crippen molar-refractivity contribution in [3.05, 3.63) is 41.0 Å². The van der Waals surface area contributed by atoms with Crippen LogP contribution in [0.3, 0.4) is 0 Å². The molecule has 3 heterocycles. The van der Waals surface area contributed by atoms with Gasteiger partial charge in [-0.15, -0.1) is 11.3 Å². The van der Waals surface area contributed by atoms with Crippen molar-refractivity contribution in [2.24, 2.45) is 0 Å². The second kappa shape index (κ2) is 8.24. The van der Waals surface area contributed by atoms with E-state index in [0.717, 1.165) is 40.6 Å². The molecule has 1 fully saturated rings. The van der Waals surface area contributed by atoms with E-state index in [-0.39, 0.29) is 12.5 Å². The van der Waals surface area contributed by atoms with Gasteiger partial charge in [-0.1, -0.05) is 12.1 Å². The lowest BCUT2D eigenvalue weighted by molar-refractivity contribution is -0.129. The highest BCUT2D eigenvalue weighted by molar-refractivity contribution is 7.18. The molecule has 0 radical (unpaired) electrons. The fourth-order valence-corrected chi connectivity index (χ4v) is 4.67. The van der Waals surface area contributed by atoms with Crippen molar-refractivity contribution >= 4 is 39.0 Å². The second-order valence-corrected chi connectivity index (χ2v) is 8.28. The number of fused-ring (bicyclic) bond motifs is 1. The highest BCUT2D eigenvalue weighted by Crippen LogP contribution is 2.32. The first-order valence-corrected chi connectivity index (χ1v) is 10.5. The van der Waals surface area contributed by atoms with Crippen LogP contribution in [0.15, 0.2) is 30.6 Å². The van der Waals surface area contributed by atoms with Gasteiger partial charge in [-0.25, -0.2) is 9.97 Å².